The number of carbonyl (C=O) groups excluding carboxylic acids is 1. The summed E-state index contributed by atoms with van der Waals surface area (Å²) in [6.07, 6.45) is 0.163. The first kappa shape index (κ1) is 24.5. The summed E-state index contributed by atoms with van der Waals surface area (Å²) in [4.78, 5) is 24.1. The molecule has 0 aromatic heterocycles. The Balaban J connectivity index is 2.70. The molecule has 0 aliphatic rings. The third kappa shape index (κ3) is 10.1. The van der Waals surface area contributed by atoms with E-state index in [4.69, 9.17) is 18.9 Å². The molecule has 0 aliphatic heterocycles. The van der Waals surface area contributed by atoms with Crippen LogP contribution >= 0.6 is 15.9 Å². The minimum absolute atomic E-state index is 0.0226. The highest BCUT2D eigenvalue weighted by Gasteiger charge is 2.25. The zero-order chi connectivity index (χ0) is 20.8. The van der Waals surface area contributed by atoms with Crippen LogP contribution in [0.15, 0.2) is 28.7 Å². The highest BCUT2D eigenvalue weighted by Crippen LogP contribution is 2.13. The normalized spacial score (nSPS) is 13.1. The number of hydrogen-bond acceptors (Lipinski definition) is 6. The van der Waals surface area contributed by atoms with Gasteiger partial charge in [0, 0.05) is 23.8 Å². The highest BCUT2D eigenvalue weighted by atomic mass is 79.9. The van der Waals surface area contributed by atoms with Crippen LogP contribution in [0.2, 0.25) is 0 Å². The number of nitrogens with one attached hydrogen (secondary N) is 1. The third-order valence-electron chi connectivity index (χ3n) is 3.80. The molecule has 9 heteroatoms. The SMILES string of the molecule is CCOCOC[C@H](C[C@H](COCCOC)C(=O)O)NC(=O)c1ccc(Br)cc1. The maximum atomic E-state index is 12.5. The zero-order valence-electron chi connectivity index (χ0n) is 16.2. The number of methoxy groups -OCH3 is 1. The van der Waals surface area contributed by atoms with E-state index in [2.05, 4.69) is 21.2 Å². The van der Waals surface area contributed by atoms with E-state index < -0.39 is 17.9 Å². The van der Waals surface area contributed by atoms with Crippen LogP contribution < -0.4 is 5.32 Å². The zero-order valence-corrected chi connectivity index (χ0v) is 17.8. The Kier molecular flexibility index (Phi) is 12.7. The molecule has 1 aromatic rings. The van der Waals surface area contributed by atoms with Crippen LogP contribution in [0.5, 0.6) is 0 Å². The molecule has 0 radical (unpaired) electrons. The predicted molar refractivity (Wildman–Crippen MR) is 106 cm³/mol. The third-order valence-corrected chi connectivity index (χ3v) is 4.33. The van der Waals surface area contributed by atoms with Gasteiger partial charge in [0.25, 0.3) is 5.91 Å². The smallest absolute Gasteiger partial charge is 0.308 e. The van der Waals surface area contributed by atoms with E-state index >= 15 is 0 Å². The monoisotopic (exact) mass is 461 g/mol. The molecule has 8 nitrogen and oxygen atoms in total. The van der Waals surface area contributed by atoms with Crippen LogP contribution in [0.25, 0.3) is 0 Å². The molecule has 1 rings (SSSR count). The first-order valence-electron chi connectivity index (χ1n) is 8.99. The predicted octanol–water partition coefficient (Wildman–Crippen LogP) is 2.31. The maximum Gasteiger partial charge on any atom is 0.308 e. The Labute approximate surface area is 173 Å². The van der Waals surface area contributed by atoms with Gasteiger partial charge in [-0.3, -0.25) is 9.59 Å². The second-order valence-corrected chi connectivity index (χ2v) is 6.91. The average Bonchev–Trinajstić information content (AvgIpc) is 2.67. The maximum absolute atomic E-state index is 12.5. The van der Waals surface area contributed by atoms with Gasteiger partial charge in [-0.1, -0.05) is 15.9 Å². The summed E-state index contributed by atoms with van der Waals surface area (Å²) in [6, 6.07) is 6.38. The van der Waals surface area contributed by atoms with E-state index in [1.54, 1.807) is 31.4 Å². The molecule has 0 aliphatic carbocycles. The number of rotatable bonds is 15. The molecule has 0 heterocycles. The number of aliphatic carboxylic acids is 1. The summed E-state index contributed by atoms with van der Waals surface area (Å²) in [7, 11) is 1.54. The van der Waals surface area contributed by atoms with E-state index in [0.717, 1.165) is 4.47 Å². The van der Waals surface area contributed by atoms with Crippen molar-refractivity contribution in [2.24, 2.45) is 5.92 Å². The molecule has 0 bridgehead atoms. The second kappa shape index (κ2) is 14.5. The van der Waals surface area contributed by atoms with Crippen molar-refractivity contribution in [1.29, 1.82) is 0 Å². The Hall–Kier alpha value is -1.52. The number of benzene rings is 1. The van der Waals surface area contributed by atoms with Crippen LogP contribution in [0, 0.1) is 5.92 Å². The summed E-state index contributed by atoms with van der Waals surface area (Å²) >= 11 is 3.32. The first-order valence-corrected chi connectivity index (χ1v) is 9.78. The Bertz CT molecular complexity index is 582. The number of ether oxygens (including phenoxy) is 4. The molecule has 1 aromatic carbocycles. The Morgan fingerprint density at radius 3 is 2.43 bits per heavy atom. The molecule has 0 saturated heterocycles. The standard InChI is InChI=1S/C19H28BrNO7/c1-3-26-13-28-12-17(10-15(19(23)24)11-27-9-8-25-2)21-18(22)14-4-6-16(20)7-5-14/h4-7,15,17H,3,8-13H2,1-2H3,(H,21,22)(H,23,24)/t15-,17+/m1/s1. The quantitative estimate of drug-likeness (QED) is 0.305. The summed E-state index contributed by atoms with van der Waals surface area (Å²) in [5.74, 6) is -2.09. The van der Waals surface area contributed by atoms with Gasteiger partial charge in [0.15, 0.2) is 0 Å². The molecular formula is C19H28BrNO7. The molecule has 2 N–H and O–H groups in total. The molecule has 0 fully saturated rings. The lowest BCUT2D eigenvalue weighted by Crippen LogP contribution is -2.41. The van der Waals surface area contributed by atoms with Crippen molar-refractivity contribution in [3.63, 3.8) is 0 Å². The van der Waals surface area contributed by atoms with E-state index in [9.17, 15) is 14.7 Å². The molecule has 158 valence electrons. The van der Waals surface area contributed by atoms with Gasteiger partial charge in [0.05, 0.1) is 38.4 Å². The number of amides is 1. The van der Waals surface area contributed by atoms with E-state index in [0.29, 0.717) is 25.4 Å². The summed E-state index contributed by atoms with van der Waals surface area (Å²) in [5, 5.41) is 12.3. The van der Waals surface area contributed by atoms with Crippen molar-refractivity contribution >= 4 is 27.8 Å². The average molecular weight is 462 g/mol. The lowest BCUT2D eigenvalue weighted by Gasteiger charge is -2.22. The first-order chi connectivity index (χ1) is 13.5. The number of carbonyl (C=O) groups is 2. The number of carboxylic acid groups (broad SMARTS) is 1. The summed E-state index contributed by atoms with van der Waals surface area (Å²) < 4.78 is 21.7. The minimum Gasteiger partial charge on any atom is -0.481 e. The fourth-order valence-corrected chi connectivity index (χ4v) is 2.59. The lowest BCUT2D eigenvalue weighted by atomic mass is 10.0. The second-order valence-electron chi connectivity index (χ2n) is 6.00. The molecule has 28 heavy (non-hydrogen) atoms. The van der Waals surface area contributed by atoms with Crippen LogP contribution in [-0.2, 0) is 23.7 Å². The number of hydrogen-bond donors (Lipinski definition) is 2. The topological polar surface area (TPSA) is 103 Å². The van der Waals surface area contributed by atoms with Crippen LogP contribution in [0.3, 0.4) is 0 Å². The molecular weight excluding hydrogens is 434 g/mol. The lowest BCUT2D eigenvalue weighted by molar-refractivity contribution is -0.145. The van der Waals surface area contributed by atoms with Gasteiger partial charge in [-0.05, 0) is 37.6 Å². The van der Waals surface area contributed by atoms with Crippen LogP contribution in [0.1, 0.15) is 23.7 Å². The minimum atomic E-state index is -0.995. The van der Waals surface area contributed by atoms with E-state index in [-0.39, 0.29) is 32.3 Å². The Morgan fingerprint density at radius 1 is 1.11 bits per heavy atom. The summed E-state index contributed by atoms with van der Waals surface area (Å²) in [6.45, 7) is 3.25. The Morgan fingerprint density at radius 2 is 1.82 bits per heavy atom. The van der Waals surface area contributed by atoms with Gasteiger partial charge in [-0.25, -0.2) is 0 Å². The van der Waals surface area contributed by atoms with Crippen molar-refractivity contribution in [3.8, 4) is 0 Å². The molecule has 0 spiro atoms. The fraction of sp³-hybridized carbons (Fsp3) is 0.579. The van der Waals surface area contributed by atoms with Gasteiger partial charge in [0.2, 0.25) is 0 Å². The van der Waals surface area contributed by atoms with Gasteiger partial charge >= 0.3 is 5.97 Å². The van der Waals surface area contributed by atoms with Gasteiger partial charge < -0.3 is 29.4 Å². The fourth-order valence-electron chi connectivity index (χ4n) is 2.32. The van der Waals surface area contributed by atoms with Crippen molar-refractivity contribution in [2.45, 2.75) is 19.4 Å². The largest absolute Gasteiger partial charge is 0.481 e. The van der Waals surface area contributed by atoms with Crippen molar-refractivity contribution in [1.82, 2.24) is 5.32 Å². The van der Waals surface area contributed by atoms with Crippen molar-refractivity contribution < 1.29 is 33.6 Å². The molecule has 1 amide bonds. The van der Waals surface area contributed by atoms with Gasteiger partial charge in [-0.2, -0.15) is 0 Å². The van der Waals surface area contributed by atoms with Crippen molar-refractivity contribution in [2.75, 3.05) is 46.9 Å². The number of halogens is 1. The van der Waals surface area contributed by atoms with Crippen LogP contribution in [-0.4, -0.2) is 70.0 Å². The molecule has 0 unspecified atom stereocenters. The molecule has 2 atom stereocenters. The number of carboxylic acids is 1. The van der Waals surface area contributed by atoms with Gasteiger partial charge in [0.1, 0.15) is 6.79 Å². The molecule has 0 saturated carbocycles. The van der Waals surface area contributed by atoms with E-state index in [1.165, 1.54) is 0 Å². The van der Waals surface area contributed by atoms with E-state index in [1.807, 2.05) is 6.92 Å². The van der Waals surface area contributed by atoms with Gasteiger partial charge in [-0.15, -0.1) is 0 Å². The summed E-state index contributed by atoms with van der Waals surface area (Å²) in [5.41, 5.74) is 0.473. The van der Waals surface area contributed by atoms with Crippen molar-refractivity contribution in [3.05, 3.63) is 34.3 Å². The highest BCUT2D eigenvalue weighted by molar-refractivity contribution is 9.10. The van der Waals surface area contributed by atoms with Crippen LogP contribution in [0.4, 0.5) is 0 Å².